The van der Waals surface area contributed by atoms with Crippen molar-refractivity contribution in [3.8, 4) is 16.9 Å². The molecule has 0 radical (unpaired) electrons. The first-order chi connectivity index (χ1) is 17.3. The molecule has 1 aliphatic carbocycles. The highest BCUT2D eigenvalue weighted by Crippen LogP contribution is 2.37. The van der Waals surface area contributed by atoms with Crippen molar-refractivity contribution >= 4 is 5.97 Å². The molecule has 1 aliphatic rings. The van der Waals surface area contributed by atoms with Crippen molar-refractivity contribution in [2.45, 2.75) is 63.6 Å². The van der Waals surface area contributed by atoms with E-state index in [1.807, 2.05) is 6.92 Å². The summed E-state index contributed by atoms with van der Waals surface area (Å²) in [6.07, 6.45) is 2.41. The quantitative estimate of drug-likeness (QED) is 0.338. The molecule has 1 atom stereocenters. The highest BCUT2D eigenvalue weighted by Gasteiger charge is 2.28. The fraction of sp³-hybridized carbons (Fsp3) is 0.345. The van der Waals surface area contributed by atoms with Gasteiger partial charge in [-0.1, -0.05) is 49.7 Å². The number of hydrogen-bond donors (Lipinski definition) is 2. The Hall–Kier alpha value is -3.32. The SMILES string of the molecule is CCCC(O)c1ccc(-c2ccc(C(=O)OC3CCC(c4ccc(O)cc4F)CC3)c(F)c2F)cc1. The van der Waals surface area contributed by atoms with Crippen molar-refractivity contribution in [2.75, 3.05) is 0 Å². The fourth-order valence-corrected chi connectivity index (χ4v) is 4.81. The first-order valence-corrected chi connectivity index (χ1v) is 12.2. The Morgan fingerprint density at radius 3 is 2.31 bits per heavy atom. The largest absolute Gasteiger partial charge is 0.508 e. The zero-order chi connectivity index (χ0) is 25.8. The number of carbonyl (C=O) groups is 1. The summed E-state index contributed by atoms with van der Waals surface area (Å²) in [6, 6.07) is 13.2. The summed E-state index contributed by atoms with van der Waals surface area (Å²) in [7, 11) is 0. The minimum absolute atomic E-state index is 0.0111. The van der Waals surface area contributed by atoms with Gasteiger partial charge in [0.25, 0.3) is 0 Å². The molecule has 1 unspecified atom stereocenters. The Labute approximate surface area is 208 Å². The number of phenols is 1. The molecule has 0 spiro atoms. The molecule has 4 nitrogen and oxygen atoms in total. The maximum Gasteiger partial charge on any atom is 0.341 e. The number of phenolic OH excluding ortho intramolecular Hbond substituents is 1. The molecule has 4 rings (SSSR count). The van der Waals surface area contributed by atoms with Gasteiger partial charge in [-0.15, -0.1) is 0 Å². The molecule has 1 saturated carbocycles. The minimum Gasteiger partial charge on any atom is -0.508 e. The lowest BCUT2D eigenvalue weighted by molar-refractivity contribution is 0.0188. The van der Waals surface area contributed by atoms with Crippen LogP contribution in [-0.2, 0) is 4.74 Å². The van der Waals surface area contributed by atoms with E-state index in [1.54, 1.807) is 30.3 Å². The van der Waals surface area contributed by atoms with Crippen LogP contribution in [0.15, 0.2) is 54.6 Å². The van der Waals surface area contributed by atoms with E-state index in [2.05, 4.69) is 0 Å². The van der Waals surface area contributed by atoms with Crippen molar-refractivity contribution in [2.24, 2.45) is 0 Å². The zero-order valence-electron chi connectivity index (χ0n) is 20.0. The molecule has 1 fully saturated rings. The van der Waals surface area contributed by atoms with Gasteiger partial charge in [-0.25, -0.2) is 18.0 Å². The third-order valence-corrected chi connectivity index (χ3v) is 6.84. The summed E-state index contributed by atoms with van der Waals surface area (Å²) < 4.78 is 49.3. The highest BCUT2D eigenvalue weighted by molar-refractivity contribution is 5.90. The second-order valence-electron chi connectivity index (χ2n) is 9.30. The van der Waals surface area contributed by atoms with Crippen LogP contribution < -0.4 is 0 Å². The Morgan fingerprint density at radius 1 is 0.972 bits per heavy atom. The van der Waals surface area contributed by atoms with E-state index in [0.717, 1.165) is 12.5 Å². The number of aliphatic hydroxyl groups is 1. The van der Waals surface area contributed by atoms with Crippen LogP contribution in [0.3, 0.4) is 0 Å². The van der Waals surface area contributed by atoms with Crippen LogP contribution in [0.2, 0.25) is 0 Å². The first-order valence-electron chi connectivity index (χ1n) is 12.2. The number of aliphatic hydroxyl groups excluding tert-OH is 1. The van der Waals surface area contributed by atoms with Gasteiger partial charge in [-0.3, -0.25) is 0 Å². The van der Waals surface area contributed by atoms with Gasteiger partial charge in [0, 0.05) is 11.6 Å². The summed E-state index contributed by atoms with van der Waals surface area (Å²) in [5.41, 5.74) is 1.17. The van der Waals surface area contributed by atoms with E-state index in [9.17, 15) is 28.2 Å². The number of ether oxygens (including phenoxy) is 1. The molecule has 0 amide bonds. The van der Waals surface area contributed by atoms with E-state index >= 15 is 0 Å². The second-order valence-corrected chi connectivity index (χ2v) is 9.30. The van der Waals surface area contributed by atoms with Crippen molar-refractivity contribution in [3.63, 3.8) is 0 Å². The number of esters is 1. The summed E-state index contributed by atoms with van der Waals surface area (Å²) in [5.74, 6) is -4.02. The van der Waals surface area contributed by atoms with Crippen LogP contribution in [0.25, 0.3) is 11.1 Å². The first kappa shape index (κ1) is 25.8. The number of hydrogen-bond acceptors (Lipinski definition) is 4. The number of benzene rings is 3. The lowest BCUT2D eigenvalue weighted by Crippen LogP contribution is -2.25. The van der Waals surface area contributed by atoms with Gasteiger partial charge in [-0.05, 0) is 66.8 Å². The molecule has 3 aromatic carbocycles. The number of rotatable bonds is 7. The van der Waals surface area contributed by atoms with Crippen LogP contribution in [-0.4, -0.2) is 22.3 Å². The number of carbonyl (C=O) groups excluding carboxylic acids is 1. The topological polar surface area (TPSA) is 66.8 Å². The highest BCUT2D eigenvalue weighted by atomic mass is 19.2. The molecule has 3 aromatic rings. The summed E-state index contributed by atoms with van der Waals surface area (Å²) in [5, 5.41) is 19.5. The Bertz CT molecular complexity index is 1220. The summed E-state index contributed by atoms with van der Waals surface area (Å²) in [4.78, 5) is 12.6. The Balaban J connectivity index is 1.41. The molecule has 7 heteroatoms. The predicted molar refractivity (Wildman–Crippen MR) is 130 cm³/mol. The smallest absolute Gasteiger partial charge is 0.341 e. The van der Waals surface area contributed by atoms with Gasteiger partial charge in [0.2, 0.25) is 0 Å². The van der Waals surface area contributed by atoms with Gasteiger partial charge in [0.1, 0.15) is 17.7 Å². The molecular weight excluding hydrogens is 469 g/mol. The van der Waals surface area contributed by atoms with E-state index < -0.39 is 41.2 Å². The van der Waals surface area contributed by atoms with E-state index in [0.29, 0.717) is 48.8 Å². The third kappa shape index (κ3) is 5.57. The molecule has 2 N–H and O–H groups in total. The molecule has 190 valence electrons. The third-order valence-electron chi connectivity index (χ3n) is 6.84. The second kappa shape index (κ2) is 11.2. The maximum atomic E-state index is 14.9. The lowest BCUT2D eigenvalue weighted by atomic mass is 9.82. The monoisotopic (exact) mass is 498 g/mol. The van der Waals surface area contributed by atoms with Crippen molar-refractivity contribution in [3.05, 3.63) is 88.7 Å². The van der Waals surface area contributed by atoms with Gasteiger partial charge < -0.3 is 14.9 Å². The number of aromatic hydroxyl groups is 1. The molecular formula is C29H29F3O4. The zero-order valence-corrected chi connectivity index (χ0v) is 20.0. The van der Waals surface area contributed by atoms with Gasteiger partial charge in [-0.2, -0.15) is 0 Å². The lowest BCUT2D eigenvalue weighted by Gasteiger charge is -2.29. The standard InChI is InChI=1S/C29H29F3O4/c1-2-3-26(34)19-6-4-18(5-7-19)23-14-15-24(28(32)27(23)31)29(35)36-21-11-8-17(9-12-21)22-13-10-20(33)16-25(22)30/h4-7,10,13-17,21,26,33-34H,2-3,8-9,11-12H2,1H3. The van der Waals surface area contributed by atoms with Crippen LogP contribution >= 0.6 is 0 Å². The van der Waals surface area contributed by atoms with Crippen LogP contribution in [0.4, 0.5) is 13.2 Å². The van der Waals surface area contributed by atoms with E-state index in [-0.39, 0.29) is 17.2 Å². The molecule has 0 aromatic heterocycles. The van der Waals surface area contributed by atoms with E-state index in [1.165, 1.54) is 18.2 Å². The predicted octanol–water partition coefficient (Wildman–Crippen LogP) is 7.19. The minimum atomic E-state index is -1.27. The molecule has 36 heavy (non-hydrogen) atoms. The van der Waals surface area contributed by atoms with E-state index in [4.69, 9.17) is 4.74 Å². The van der Waals surface area contributed by atoms with Crippen molar-refractivity contribution < 1.29 is 32.9 Å². The van der Waals surface area contributed by atoms with Gasteiger partial charge in [0.05, 0.1) is 11.7 Å². The van der Waals surface area contributed by atoms with Crippen molar-refractivity contribution in [1.82, 2.24) is 0 Å². The summed E-state index contributed by atoms with van der Waals surface area (Å²) in [6.45, 7) is 1.96. The number of halogens is 3. The maximum absolute atomic E-state index is 14.9. The fourth-order valence-electron chi connectivity index (χ4n) is 4.81. The molecule has 0 bridgehead atoms. The average Bonchev–Trinajstić information content (AvgIpc) is 2.86. The summed E-state index contributed by atoms with van der Waals surface area (Å²) >= 11 is 0. The van der Waals surface area contributed by atoms with Crippen molar-refractivity contribution in [1.29, 1.82) is 0 Å². The van der Waals surface area contributed by atoms with Gasteiger partial charge in [0.15, 0.2) is 11.6 Å². The average molecular weight is 499 g/mol. The normalized spacial score (nSPS) is 18.6. The molecule has 0 saturated heterocycles. The van der Waals surface area contributed by atoms with Gasteiger partial charge >= 0.3 is 5.97 Å². The van der Waals surface area contributed by atoms with Crippen LogP contribution in [0.1, 0.15) is 79.0 Å². The van der Waals surface area contributed by atoms with Crippen LogP contribution in [0, 0.1) is 17.5 Å². The Morgan fingerprint density at radius 2 is 1.67 bits per heavy atom. The molecule has 0 aliphatic heterocycles. The van der Waals surface area contributed by atoms with Crippen LogP contribution in [0.5, 0.6) is 5.75 Å². The Kier molecular flexibility index (Phi) is 7.99. The molecule has 0 heterocycles.